The van der Waals surface area contributed by atoms with Gasteiger partial charge in [-0.25, -0.2) is 14.2 Å². The van der Waals surface area contributed by atoms with E-state index >= 15 is 0 Å². The lowest BCUT2D eigenvalue weighted by Gasteiger charge is -2.41. The van der Waals surface area contributed by atoms with Crippen LogP contribution in [0.1, 0.15) is 81.6 Å². The van der Waals surface area contributed by atoms with E-state index in [2.05, 4.69) is 11.8 Å². The summed E-state index contributed by atoms with van der Waals surface area (Å²) < 4.78 is 40.1. The van der Waals surface area contributed by atoms with Crippen molar-refractivity contribution in [2.45, 2.75) is 84.9 Å². The highest BCUT2D eigenvalue weighted by atomic mass is 19.1. The maximum atomic E-state index is 14.1. The van der Waals surface area contributed by atoms with Crippen LogP contribution < -0.4 is 4.90 Å². The van der Waals surface area contributed by atoms with E-state index in [0.717, 1.165) is 29.8 Å². The summed E-state index contributed by atoms with van der Waals surface area (Å²) in [4.78, 5) is 20.5. The molecule has 1 atom stereocenters. The van der Waals surface area contributed by atoms with Gasteiger partial charge in [-0.1, -0.05) is 18.2 Å². The van der Waals surface area contributed by atoms with Crippen LogP contribution in [0.15, 0.2) is 30.3 Å². The van der Waals surface area contributed by atoms with E-state index in [1.165, 1.54) is 12.1 Å². The Bertz CT molecular complexity index is 1470. The summed E-state index contributed by atoms with van der Waals surface area (Å²) in [6.45, 7) is 14.1. The van der Waals surface area contributed by atoms with Crippen LogP contribution in [0.4, 0.5) is 10.2 Å². The summed E-state index contributed by atoms with van der Waals surface area (Å²) in [5.74, 6) is 0.00321. The van der Waals surface area contributed by atoms with Gasteiger partial charge in [0.2, 0.25) is 0 Å². The molecule has 226 valence electrons. The van der Waals surface area contributed by atoms with E-state index in [1.807, 2.05) is 45.9 Å². The van der Waals surface area contributed by atoms with Crippen molar-refractivity contribution >= 4 is 23.5 Å². The third-order valence-corrected chi connectivity index (χ3v) is 7.65. The lowest BCUT2D eigenvalue weighted by molar-refractivity contribution is -0.166. The summed E-state index contributed by atoms with van der Waals surface area (Å²) in [5, 5.41) is 4.91. The molecule has 1 aromatic carbocycles. The Hall–Kier alpha value is -3.34. The van der Waals surface area contributed by atoms with Crippen molar-refractivity contribution in [1.29, 1.82) is 0 Å². The molecule has 0 unspecified atom stereocenters. The summed E-state index contributed by atoms with van der Waals surface area (Å²) in [6.07, 6.45) is 4.35. The zero-order valence-electron chi connectivity index (χ0n) is 25.4. The molecule has 1 saturated heterocycles. The predicted octanol–water partition coefficient (Wildman–Crippen LogP) is 5.72. The average molecular weight is 581 g/mol. The van der Waals surface area contributed by atoms with Gasteiger partial charge in [0.15, 0.2) is 11.8 Å². The number of aryl methyl sites for hydroxylation is 1. The van der Waals surface area contributed by atoms with E-state index < -0.39 is 17.7 Å². The summed E-state index contributed by atoms with van der Waals surface area (Å²) in [6, 6.07) is 6.59. The molecule has 3 aromatic rings. The normalized spacial score (nSPS) is 18.2. The number of fused-ring (bicyclic) bond motifs is 6. The van der Waals surface area contributed by atoms with Gasteiger partial charge in [-0.3, -0.25) is 0 Å². The van der Waals surface area contributed by atoms with Crippen LogP contribution in [-0.2, 0) is 37.0 Å². The van der Waals surface area contributed by atoms with Crippen molar-refractivity contribution in [2.24, 2.45) is 0 Å². The highest BCUT2D eigenvalue weighted by Gasteiger charge is 2.38. The van der Waals surface area contributed by atoms with Crippen molar-refractivity contribution in [1.82, 2.24) is 14.6 Å². The SMILES string of the molecule is CCOC(=O)[C@@H](OC(C)(C)C)c1c(C)nc2cc3nn2c1N1CCC(C)(CC1)OCC=Cc1cc(F)ccc1COC3. The van der Waals surface area contributed by atoms with Gasteiger partial charge in [0.05, 0.1) is 48.9 Å². The van der Waals surface area contributed by atoms with Crippen LogP contribution in [0.5, 0.6) is 0 Å². The summed E-state index contributed by atoms with van der Waals surface area (Å²) >= 11 is 0. The Labute approximate surface area is 246 Å². The molecule has 10 heteroatoms. The van der Waals surface area contributed by atoms with Gasteiger partial charge in [0.1, 0.15) is 11.6 Å². The Kier molecular flexibility index (Phi) is 8.68. The third-order valence-electron chi connectivity index (χ3n) is 7.65. The minimum absolute atomic E-state index is 0.235. The summed E-state index contributed by atoms with van der Waals surface area (Å²) in [7, 11) is 0. The van der Waals surface area contributed by atoms with E-state index in [-0.39, 0.29) is 31.2 Å². The lowest BCUT2D eigenvalue weighted by Crippen LogP contribution is -2.45. The molecule has 4 bridgehead atoms. The van der Waals surface area contributed by atoms with Gasteiger partial charge in [-0.05, 0) is 77.6 Å². The van der Waals surface area contributed by atoms with Crippen LogP contribution >= 0.6 is 0 Å². The van der Waals surface area contributed by atoms with E-state index in [9.17, 15) is 9.18 Å². The molecule has 0 N–H and O–H groups in total. The first-order chi connectivity index (χ1) is 20.0. The van der Waals surface area contributed by atoms with Gasteiger partial charge in [-0.2, -0.15) is 9.61 Å². The van der Waals surface area contributed by atoms with Crippen molar-refractivity contribution in [2.75, 3.05) is 31.2 Å². The van der Waals surface area contributed by atoms with Crippen LogP contribution in [-0.4, -0.2) is 58.1 Å². The number of carbonyl (C=O) groups is 1. The van der Waals surface area contributed by atoms with E-state index in [0.29, 0.717) is 42.3 Å². The van der Waals surface area contributed by atoms with Crippen molar-refractivity contribution < 1.29 is 28.1 Å². The number of rotatable bonds is 4. The number of carbonyl (C=O) groups excluding carboxylic acids is 1. The first-order valence-electron chi connectivity index (χ1n) is 14.6. The molecule has 0 amide bonds. The molecule has 1 fully saturated rings. The van der Waals surface area contributed by atoms with Gasteiger partial charge in [-0.15, -0.1) is 0 Å². The van der Waals surface area contributed by atoms with Crippen LogP contribution in [0, 0.1) is 12.7 Å². The molecule has 9 nitrogen and oxygen atoms in total. The third kappa shape index (κ3) is 6.66. The molecule has 3 aliphatic heterocycles. The number of hydrogen-bond donors (Lipinski definition) is 0. The molecule has 2 aromatic heterocycles. The molecule has 5 heterocycles. The highest BCUT2D eigenvalue weighted by Crippen LogP contribution is 2.38. The first-order valence-corrected chi connectivity index (χ1v) is 14.6. The fraction of sp³-hybridized carbons (Fsp3) is 0.531. The molecule has 0 spiro atoms. The monoisotopic (exact) mass is 580 g/mol. The molecule has 0 saturated carbocycles. The number of ether oxygens (including phenoxy) is 4. The van der Waals surface area contributed by atoms with E-state index in [1.54, 1.807) is 17.5 Å². The quantitative estimate of drug-likeness (QED) is 0.363. The van der Waals surface area contributed by atoms with Crippen molar-refractivity contribution in [3.05, 3.63) is 64.2 Å². The molecule has 0 aliphatic carbocycles. The van der Waals surface area contributed by atoms with Crippen molar-refractivity contribution in [3.8, 4) is 0 Å². The average Bonchev–Trinajstić information content (AvgIpc) is 3.32. The molecule has 6 rings (SSSR count). The molecule has 3 aliphatic rings. The number of nitrogens with zero attached hydrogens (tertiary/aromatic N) is 4. The number of piperidine rings is 1. The number of aromatic nitrogens is 3. The Morgan fingerprint density at radius 3 is 2.67 bits per heavy atom. The molecular weight excluding hydrogens is 539 g/mol. The van der Waals surface area contributed by atoms with Crippen LogP contribution in [0.2, 0.25) is 0 Å². The number of anilines is 1. The topological polar surface area (TPSA) is 87.4 Å². The van der Waals surface area contributed by atoms with Gasteiger partial charge >= 0.3 is 5.97 Å². The smallest absolute Gasteiger partial charge is 0.340 e. The molecular formula is C32H41FN4O5. The minimum Gasteiger partial charge on any atom is -0.464 e. The van der Waals surface area contributed by atoms with Gasteiger partial charge in [0.25, 0.3) is 0 Å². The van der Waals surface area contributed by atoms with Gasteiger partial charge < -0.3 is 23.8 Å². The second kappa shape index (κ2) is 12.1. The number of esters is 1. The Morgan fingerprint density at radius 1 is 1.19 bits per heavy atom. The number of halogens is 1. The predicted molar refractivity (Wildman–Crippen MR) is 158 cm³/mol. The second-order valence-corrected chi connectivity index (χ2v) is 12.2. The van der Waals surface area contributed by atoms with Gasteiger partial charge in [0, 0.05) is 24.8 Å². The van der Waals surface area contributed by atoms with Crippen LogP contribution in [0.25, 0.3) is 11.7 Å². The lowest BCUT2D eigenvalue weighted by atomic mass is 9.92. The zero-order valence-corrected chi connectivity index (χ0v) is 25.4. The Balaban J connectivity index is 1.62. The zero-order chi connectivity index (χ0) is 30.1. The maximum Gasteiger partial charge on any atom is 0.340 e. The fourth-order valence-electron chi connectivity index (χ4n) is 5.52. The number of hydrogen-bond acceptors (Lipinski definition) is 8. The maximum absolute atomic E-state index is 14.1. The standard InChI is InChI=1S/C32H41FN4O5/c1-7-40-30(38)28(42-31(3,4)5)27-21(2)34-26-18-25-20-39-19-23-10-11-24(33)17-22(23)9-8-16-41-32(6)12-14-36(15-13-32)29(27)37(26)35-25/h8-11,17-18,28H,7,12-16,19-20H2,1-6H3/t28-/m0/s1. The first kappa shape index (κ1) is 30.1. The Morgan fingerprint density at radius 2 is 1.95 bits per heavy atom. The molecule has 0 radical (unpaired) electrons. The fourth-order valence-corrected chi connectivity index (χ4v) is 5.52. The van der Waals surface area contributed by atoms with Crippen LogP contribution in [0.3, 0.4) is 0 Å². The number of benzene rings is 1. The van der Waals surface area contributed by atoms with E-state index in [4.69, 9.17) is 29.0 Å². The second-order valence-electron chi connectivity index (χ2n) is 12.2. The highest BCUT2D eigenvalue weighted by molar-refractivity contribution is 5.80. The largest absolute Gasteiger partial charge is 0.464 e. The summed E-state index contributed by atoms with van der Waals surface area (Å²) in [5.41, 5.74) is 3.32. The van der Waals surface area contributed by atoms with Crippen molar-refractivity contribution in [3.63, 3.8) is 0 Å². The minimum atomic E-state index is -0.985. The molecule has 42 heavy (non-hydrogen) atoms.